The third-order valence-electron chi connectivity index (χ3n) is 3.65. The second kappa shape index (κ2) is 5.28. The van der Waals surface area contributed by atoms with Gasteiger partial charge in [-0.25, -0.2) is 18.1 Å². The maximum absolute atomic E-state index is 12.3. The molecule has 1 aromatic heterocycles. The highest BCUT2D eigenvalue weighted by atomic mass is 32.2. The zero-order valence-electron chi connectivity index (χ0n) is 11.2. The summed E-state index contributed by atoms with van der Waals surface area (Å²) in [6.07, 6.45) is 2.27. The average molecular weight is 299 g/mol. The molecule has 0 aliphatic heterocycles. The van der Waals surface area contributed by atoms with Crippen LogP contribution in [0.5, 0.6) is 0 Å². The van der Waals surface area contributed by atoms with Gasteiger partial charge in [-0.05, 0) is 29.7 Å². The SMILES string of the molecule is N#Cc1ncccc1S(=O)(=O)NCC1Cc2ccccc21. The molecule has 1 unspecified atom stereocenters. The second-order valence-corrected chi connectivity index (χ2v) is 6.65. The van der Waals surface area contributed by atoms with E-state index < -0.39 is 10.0 Å². The molecule has 1 aliphatic carbocycles. The van der Waals surface area contributed by atoms with Crippen molar-refractivity contribution < 1.29 is 8.42 Å². The molecular formula is C15H13N3O2S. The molecule has 106 valence electrons. The quantitative estimate of drug-likeness (QED) is 0.929. The van der Waals surface area contributed by atoms with Crippen LogP contribution in [-0.2, 0) is 16.4 Å². The fourth-order valence-corrected chi connectivity index (χ4v) is 3.71. The molecule has 0 fully saturated rings. The van der Waals surface area contributed by atoms with E-state index in [0.717, 1.165) is 6.42 Å². The van der Waals surface area contributed by atoms with Crippen molar-refractivity contribution in [2.24, 2.45) is 0 Å². The van der Waals surface area contributed by atoms with Crippen molar-refractivity contribution in [2.45, 2.75) is 17.2 Å². The number of sulfonamides is 1. The molecule has 6 heteroatoms. The van der Waals surface area contributed by atoms with E-state index in [2.05, 4.69) is 15.8 Å². The Labute approximate surface area is 123 Å². The Kier molecular flexibility index (Phi) is 3.45. The molecule has 0 spiro atoms. The number of fused-ring (bicyclic) bond motifs is 1. The van der Waals surface area contributed by atoms with Crippen LogP contribution in [0.3, 0.4) is 0 Å². The molecule has 1 N–H and O–H groups in total. The van der Waals surface area contributed by atoms with Crippen LogP contribution >= 0.6 is 0 Å². The van der Waals surface area contributed by atoms with Crippen LogP contribution in [-0.4, -0.2) is 19.9 Å². The first kappa shape index (κ1) is 13.7. The molecule has 0 amide bonds. The Balaban J connectivity index is 1.75. The topological polar surface area (TPSA) is 82.8 Å². The van der Waals surface area contributed by atoms with Crippen molar-refractivity contribution >= 4 is 10.0 Å². The van der Waals surface area contributed by atoms with Gasteiger partial charge in [0.1, 0.15) is 11.0 Å². The normalized spacial score (nSPS) is 16.6. The van der Waals surface area contributed by atoms with Gasteiger partial charge < -0.3 is 0 Å². The third-order valence-corrected chi connectivity index (χ3v) is 5.10. The number of hydrogen-bond acceptors (Lipinski definition) is 4. The summed E-state index contributed by atoms with van der Waals surface area (Å²) in [5, 5.41) is 8.94. The van der Waals surface area contributed by atoms with Gasteiger partial charge in [-0.1, -0.05) is 24.3 Å². The summed E-state index contributed by atoms with van der Waals surface area (Å²) in [4.78, 5) is 3.71. The first-order valence-electron chi connectivity index (χ1n) is 6.54. The first-order valence-corrected chi connectivity index (χ1v) is 8.03. The monoisotopic (exact) mass is 299 g/mol. The van der Waals surface area contributed by atoms with E-state index in [1.165, 1.54) is 29.5 Å². The van der Waals surface area contributed by atoms with Gasteiger partial charge in [0.2, 0.25) is 10.0 Å². The van der Waals surface area contributed by atoms with Crippen molar-refractivity contribution in [1.29, 1.82) is 5.26 Å². The Morgan fingerprint density at radius 1 is 1.29 bits per heavy atom. The molecule has 1 heterocycles. The van der Waals surface area contributed by atoms with Crippen LogP contribution in [0.15, 0.2) is 47.5 Å². The van der Waals surface area contributed by atoms with Gasteiger partial charge in [0.15, 0.2) is 5.69 Å². The van der Waals surface area contributed by atoms with E-state index in [9.17, 15) is 8.42 Å². The minimum atomic E-state index is -3.71. The summed E-state index contributed by atoms with van der Waals surface area (Å²) in [6.45, 7) is 0.332. The maximum atomic E-state index is 12.3. The average Bonchev–Trinajstić information content (AvgIpc) is 2.48. The van der Waals surface area contributed by atoms with Crippen LogP contribution in [0.25, 0.3) is 0 Å². The second-order valence-electron chi connectivity index (χ2n) is 4.91. The van der Waals surface area contributed by atoms with Gasteiger partial charge in [-0.2, -0.15) is 5.26 Å². The first-order chi connectivity index (χ1) is 10.1. The van der Waals surface area contributed by atoms with Crippen LogP contribution < -0.4 is 4.72 Å². The van der Waals surface area contributed by atoms with Gasteiger partial charge in [0, 0.05) is 18.7 Å². The minimum Gasteiger partial charge on any atom is -0.244 e. The Hall–Kier alpha value is -2.23. The van der Waals surface area contributed by atoms with Crippen LogP contribution in [0.1, 0.15) is 22.7 Å². The molecule has 0 radical (unpaired) electrons. The number of rotatable bonds is 4. The molecule has 5 nitrogen and oxygen atoms in total. The van der Waals surface area contributed by atoms with Crippen LogP contribution in [0, 0.1) is 11.3 Å². The Bertz CT molecular complexity index is 825. The number of hydrogen-bond donors (Lipinski definition) is 1. The lowest BCUT2D eigenvalue weighted by Crippen LogP contribution is -2.33. The van der Waals surface area contributed by atoms with Gasteiger partial charge in [-0.15, -0.1) is 0 Å². The molecule has 3 rings (SSSR count). The molecule has 1 atom stereocenters. The largest absolute Gasteiger partial charge is 0.244 e. The molecule has 2 aromatic rings. The van der Waals surface area contributed by atoms with Gasteiger partial charge >= 0.3 is 0 Å². The molecule has 1 aliphatic rings. The van der Waals surface area contributed by atoms with E-state index in [1.807, 2.05) is 18.2 Å². The highest BCUT2D eigenvalue weighted by molar-refractivity contribution is 7.89. The van der Waals surface area contributed by atoms with Crippen LogP contribution in [0.2, 0.25) is 0 Å². The number of nitrogens with one attached hydrogen (secondary N) is 1. The lowest BCUT2D eigenvalue weighted by atomic mass is 9.78. The predicted molar refractivity (Wildman–Crippen MR) is 77.0 cm³/mol. The number of pyridine rings is 1. The standard InChI is InChI=1S/C15H13N3O2S/c16-9-14-15(6-3-7-17-14)21(19,20)18-10-12-8-11-4-1-2-5-13(11)12/h1-7,12,18H,8,10H2. The summed E-state index contributed by atoms with van der Waals surface area (Å²) in [7, 11) is -3.71. The van der Waals surface area contributed by atoms with E-state index in [1.54, 1.807) is 6.07 Å². The van der Waals surface area contributed by atoms with Crippen molar-refractivity contribution in [3.8, 4) is 6.07 Å². The zero-order valence-corrected chi connectivity index (χ0v) is 12.0. The van der Waals surface area contributed by atoms with Gasteiger partial charge in [-0.3, -0.25) is 0 Å². The molecular weight excluding hydrogens is 286 g/mol. The summed E-state index contributed by atoms with van der Waals surface area (Å²) in [5.74, 6) is 0.193. The highest BCUT2D eigenvalue weighted by Crippen LogP contribution is 2.34. The third kappa shape index (κ3) is 2.53. The highest BCUT2D eigenvalue weighted by Gasteiger charge is 2.27. The van der Waals surface area contributed by atoms with E-state index >= 15 is 0 Å². The number of nitrogens with zero attached hydrogens (tertiary/aromatic N) is 2. The molecule has 21 heavy (non-hydrogen) atoms. The number of nitriles is 1. The van der Waals surface area contributed by atoms with Crippen molar-refractivity contribution in [2.75, 3.05) is 6.54 Å². The van der Waals surface area contributed by atoms with Crippen molar-refractivity contribution in [3.05, 3.63) is 59.4 Å². The van der Waals surface area contributed by atoms with Crippen LogP contribution in [0.4, 0.5) is 0 Å². The van der Waals surface area contributed by atoms with E-state index in [0.29, 0.717) is 6.54 Å². The van der Waals surface area contributed by atoms with Crippen molar-refractivity contribution in [3.63, 3.8) is 0 Å². The van der Waals surface area contributed by atoms with Crippen molar-refractivity contribution in [1.82, 2.24) is 9.71 Å². The smallest absolute Gasteiger partial charge is 0.243 e. The fourth-order valence-electron chi connectivity index (χ4n) is 2.52. The zero-order chi connectivity index (χ0) is 14.9. The van der Waals surface area contributed by atoms with E-state index in [4.69, 9.17) is 5.26 Å². The lowest BCUT2D eigenvalue weighted by molar-refractivity contribution is 0.551. The molecule has 0 saturated carbocycles. The van der Waals surface area contributed by atoms with E-state index in [-0.39, 0.29) is 16.5 Å². The maximum Gasteiger partial charge on any atom is 0.243 e. The van der Waals surface area contributed by atoms with Gasteiger partial charge in [0.25, 0.3) is 0 Å². The molecule has 0 bridgehead atoms. The Morgan fingerprint density at radius 2 is 2.10 bits per heavy atom. The summed E-state index contributed by atoms with van der Waals surface area (Å²) < 4.78 is 27.1. The Morgan fingerprint density at radius 3 is 2.86 bits per heavy atom. The fraction of sp³-hybridized carbons (Fsp3) is 0.200. The summed E-state index contributed by atoms with van der Waals surface area (Å²) in [6, 6.07) is 12.7. The molecule has 0 saturated heterocycles. The summed E-state index contributed by atoms with van der Waals surface area (Å²) in [5.41, 5.74) is 2.37. The number of benzene rings is 1. The minimum absolute atomic E-state index is 0.0693. The summed E-state index contributed by atoms with van der Waals surface area (Å²) >= 11 is 0. The lowest BCUT2D eigenvalue weighted by Gasteiger charge is -2.30. The van der Waals surface area contributed by atoms with Gasteiger partial charge in [0.05, 0.1) is 0 Å². The predicted octanol–water partition coefficient (Wildman–Crippen LogP) is 1.57. The number of aromatic nitrogens is 1. The molecule has 1 aromatic carbocycles.